The lowest BCUT2D eigenvalue weighted by Crippen LogP contribution is -2.01. The van der Waals surface area contributed by atoms with Gasteiger partial charge >= 0.3 is 0 Å². The van der Waals surface area contributed by atoms with Crippen LogP contribution in [0, 0.1) is 23.7 Å². The fourth-order valence-electron chi connectivity index (χ4n) is 1.97. The first-order chi connectivity index (χ1) is 12.2. The molecule has 0 radical (unpaired) electrons. The molecule has 1 aromatic carbocycles. The van der Waals surface area contributed by atoms with Gasteiger partial charge in [-0.3, -0.25) is 0 Å². The maximum atomic E-state index is 9.68. The predicted octanol–water partition coefficient (Wildman–Crippen LogP) is 2.42. The summed E-state index contributed by atoms with van der Waals surface area (Å²) in [4.78, 5) is 9.00. The first-order valence-corrected chi connectivity index (χ1v) is 8.87. The summed E-state index contributed by atoms with van der Waals surface area (Å²) in [6.07, 6.45) is 5.34. The van der Waals surface area contributed by atoms with Crippen LogP contribution in [0.25, 0.3) is 11.3 Å². The van der Waals surface area contributed by atoms with Gasteiger partial charge in [0.05, 0.1) is 11.4 Å². The Morgan fingerprint density at radius 2 is 2.04 bits per heavy atom. The fourth-order valence-corrected chi connectivity index (χ4v) is 3.34. The highest BCUT2D eigenvalue weighted by Crippen LogP contribution is 2.33. The summed E-state index contributed by atoms with van der Waals surface area (Å²) in [5.74, 6) is 2.99. The van der Waals surface area contributed by atoms with Gasteiger partial charge in [0.2, 0.25) is 5.16 Å². The molecule has 122 valence electrons. The van der Waals surface area contributed by atoms with Gasteiger partial charge < -0.3 is 0 Å². The van der Waals surface area contributed by atoms with Crippen LogP contribution < -0.4 is 0 Å². The van der Waals surface area contributed by atoms with Crippen molar-refractivity contribution in [3.63, 3.8) is 0 Å². The van der Waals surface area contributed by atoms with Gasteiger partial charge in [0.25, 0.3) is 0 Å². The number of rotatable bonds is 5. The second-order valence-corrected chi connectivity index (χ2v) is 6.59. The molecule has 0 saturated heterocycles. The van der Waals surface area contributed by atoms with E-state index < -0.39 is 0 Å². The van der Waals surface area contributed by atoms with Crippen molar-refractivity contribution in [3.05, 3.63) is 35.9 Å². The van der Waals surface area contributed by atoms with E-state index >= 15 is 0 Å². The van der Waals surface area contributed by atoms with Gasteiger partial charge in [0.15, 0.2) is 5.16 Å². The average molecular weight is 365 g/mol. The second-order valence-electron chi connectivity index (χ2n) is 4.69. The highest BCUT2D eigenvalue weighted by molar-refractivity contribution is 7.99. The van der Waals surface area contributed by atoms with Crippen LogP contribution in [0.3, 0.4) is 0 Å². The number of terminal acetylenes is 1. The van der Waals surface area contributed by atoms with Gasteiger partial charge in [-0.05, 0) is 22.2 Å². The minimum absolute atomic E-state index is 0.379. The Kier molecular flexibility index (Phi) is 5.29. The zero-order valence-electron chi connectivity index (χ0n) is 13.1. The third-order valence-electron chi connectivity index (χ3n) is 3.07. The molecule has 2 aromatic heterocycles. The van der Waals surface area contributed by atoms with Crippen LogP contribution in [0.2, 0.25) is 0 Å². The molecule has 0 aliphatic heterocycles. The number of aryl methyl sites for hydroxylation is 1. The van der Waals surface area contributed by atoms with E-state index in [4.69, 9.17) is 6.42 Å². The average Bonchev–Trinajstić information content (AvgIpc) is 3.05. The Morgan fingerprint density at radius 3 is 2.68 bits per heavy atom. The summed E-state index contributed by atoms with van der Waals surface area (Å²) in [6, 6.07) is 11.7. The Morgan fingerprint density at radius 1 is 1.24 bits per heavy atom. The minimum Gasteiger partial charge on any atom is -0.223 e. The summed E-state index contributed by atoms with van der Waals surface area (Å²) in [5, 5.41) is 22.6. The first-order valence-electron chi connectivity index (χ1n) is 7.07. The van der Waals surface area contributed by atoms with Crippen LogP contribution in [0.15, 0.2) is 45.7 Å². The molecular weight excluding hydrogens is 354 g/mol. The van der Waals surface area contributed by atoms with Gasteiger partial charge in [-0.25, -0.2) is 14.6 Å². The smallest absolute Gasteiger partial charge is 0.215 e. The van der Waals surface area contributed by atoms with E-state index in [1.54, 1.807) is 7.05 Å². The van der Waals surface area contributed by atoms with Crippen molar-refractivity contribution in [1.82, 2.24) is 30.2 Å². The van der Waals surface area contributed by atoms with Gasteiger partial charge in [0.1, 0.15) is 16.7 Å². The number of nitriles is 1. The SMILES string of the molecule is C#CCSc1nc(Sc2nnnn2C)c(C#N)c(-c2ccccc2)n1. The molecule has 9 heteroatoms. The normalized spacial score (nSPS) is 10.2. The van der Waals surface area contributed by atoms with Gasteiger partial charge in [-0.15, -0.1) is 11.5 Å². The lowest BCUT2D eigenvalue weighted by Gasteiger charge is -2.09. The number of hydrogen-bond donors (Lipinski definition) is 0. The van der Waals surface area contributed by atoms with Crippen LogP contribution in [0.1, 0.15) is 5.56 Å². The number of thioether (sulfide) groups is 1. The van der Waals surface area contributed by atoms with Crippen molar-refractivity contribution < 1.29 is 0 Å². The molecule has 0 unspecified atom stereocenters. The predicted molar refractivity (Wildman–Crippen MR) is 94.7 cm³/mol. The first kappa shape index (κ1) is 17.0. The van der Waals surface area contributed by atoms with E-state index in [0.717, 1.165) is 5.56 Å². The monoisotopic (exact) mass is 365 g/mol. The number of hydrogen-bond acceptors (Lipinski definition) is 8. The number of tetrazole rings is 1. The molecule has 0 fully saturated rings. The summed E-state index contributed by atoms with van der Waals surface area (Å²) in [5.41, 5.74) is 1.78. The van der Waals surface area contributed by atoms with Crippen LogP contribution in [0.4, 0.5) is 0 Å². The highest BCUT2D eigenvalue weighted by atomic mass is 32.2. The topological polar surface area (TPSA) is 93.2 Å². The molecule has 2 heterocycles. The molecule has 0 bridgehead atoms. The van der Waals surface area contributed by atoms with Gasteiger partial charge in [0, 0.05) is 12.6 Å². The molecule has 0 aliphatic rings. The van der Waals surface area contributed by atoms with Crippen molar-refractivity contribution in [1.29, 1.82) is 5.26 Å². The Bertz CT molecular complexity index is 970. The summed E-state index contributed by atoms with van der Waals surface area (Å²) < 4.78 is 1.52. The molecule has 25 heavy (non-hydrogen) atoms. The molecule has 0 atom stereocenters. The molecule has 0 amide bonds. The molecule has 0 aliphatic carbocycles. The third kappa shape index (κ3) is 3.79. The second kappa shape index (κ2) is 7.79. The fraction of sp³-hybridized carbons (Fsp3) is 0.125. The Balaban J connectivity index is 2.13. The zero-order chi connectivity index (χ0) is 17.6. The van der Waals surface area contributed by atoms with E-state index in [1.807, 2.05) is 30.3 Å². The van der Waals surface area contributed by atoms with E-state index in [2.05, 4.69) is 37.5 Å². The maximum Gasteiger partial charge on any atom is 0.215 e. The Labute approximate surface area is 152 Å². The van der Waals surface area contributed by atoms with E-state index in [9.17, 15) is 5.26 Å². The lowest BCUT2D eigenvalue weighted by atomic mass is 10.1. The summed E-state index contributed by atoms with van der Waals surface area (Å²) in [6.45, 7) is 0. The molecule has 0 saturated carbocycles. The van der Waals surface area contributed by atoms with Crippen LogP contribution in [-0.4, -0.2) is 35.9 Å². The van der Waals surface area contributed by atoms with E-state index in [0.29, 0.717) is 32.3 Å². The number of aromatic nitrogens is 6. The molecule has 3 rings (SSSR count). The molecule has 0 N–H and O–H groups in total. The molecule has 7 nitrogen and oxygen atoms in total. The molecular formula is C16H11N7S2. The lowest BCUT2D eigenvalue weighted by molar-refractivity contribution is 0.664. The van der Waals surface area contributed by atoms with E-state index in [-0.39, 0.29) is 0 Å². The van der Waals surface area contributed by atoms with Crippen LogP contribution in [-0.2, 0) is 7.05 Å². The van der Waals surface area contributed by atoms with Crippen molar-refractivity contribution in [2.24, 2.45) is 7.05 Å². The van der Waals surface area contributed by atoms with Crippen molar-refractivity contribution in [2.75, 3.05) is 5.75 Å². The number of benzene rings is 1. The third-order valence-corrected chi connectivity index (χ3v) is 4.84. The van der Waals surface area contributed by atoms with Crippen molar-refractivity contribution in [3.8, 4) is 29.7 Å². The van der Waals surface area contributed by atoms with Crippen LogP contribution in [0.5, 0.6) is 0 Å². The molecule has 0 spiro atoms. The van der Waals surface area contributed by atoms with Gasteiger partial charge in [-0.1, -0.05) is 48.0 Å². The van der Waals surface area contributed by atoms with Crippen molar-refractivity contribution in [2.45, 2.75) is 15.3 Å². The summed E-state index contributed by atoms with van der Waals surface area (Å²) >= 11 is 2.56. The standard InChI is InChI=1S/C16H11N7S2/c1-3-9-24-15-18-13(11-7-5-4-6-8-11)12(10-17)14(19-15)25-16-20-21-22-23(16)2/h1,4-8H,9H2,2H3. The largest absolute Gasteiger partial charge is 0.223 e. The highest BCUT2D eigenvalue weighted by Gasteiger charge is 2.19. The van der Waals surface area contributed by atoms with Crippen molar-refractivity contribution >= 4 is 23.5 Å². The number of nitrogens with zero attached hydrogens (tertiary/aromatic N) is 7. The minimum atomic E-state index is 0.379. The Hall–Kier alpha value is -2.88. The maximum absolute atomic E-state index is 9.68. The summed E-state index contributed by atoms with van der Waals surface area (Å²) in [7, 11) is 1.72. The van der Waals surface area contributed by atoms with E-state index in [1.165, 1.54) is 28.2 Å². The quantitative estimate of drug-likeness (QED) is 0.294. The zero-order valence-corrected chi connectivity index (χ0v) is 14.8. The van der Waals surface area contributed by atoms with Gasteiger partial charge in [-0.2, -0.15) is 5.26 Å². The van der Waals surface area contributed by atoms with Crippen LogP contribution >= 0.6 is 23.5 Å². The molecule has 3 aromatic rings.